The number of carbonyl (C=O) groups excluding carboxylic acids is 1. The standard InChI is InChI=1S/C23H41O7P/c1-2-3-4-5-6-7-8-9-10-11-12-13-14-15-16-17-18-19-23(25)29-20-22(24)21-30-31(26,27)28/h14-19,22,24H,2-13,20-21H2,1H3,(H2,26,27,28)/b15-14+,17-16+,19-18+. The smallest absolute Gasteiger partial charge is 0.460 e. The van der Waals surface area contributed by atoms with Crippen molar-refractivity contribution in [1.29, 1.82) is 0 Å². The molecule has 0 aromatic rings. The summed E-state index contributed by atoms with van der Waals surface area (Å²) in [6, 6.07) is 0. The molecule has 31 heavy (non-hydrogen) atoms. The van der Waals surface area contributed by atoms with Gasteiger partial charge in [0.25, 0.3) is 0 Å². The lowest BCUT2D eigenvalue weighted by atomic mass is 10.1. The summed E-state index contributed by atoms with van der Waals surface area (Å²) in [5.41, 5.74) is 0. The number of rotatable bonds is 20. The largest absolute Gasteiger partial charge is 0.469 e. The van der Waals surface area contributed by atoms with Crippen LogP contribution in [0.4, 0.5) is 0 Å². The highest BCUT2D eigenvalue weighted by Crippen LogP contribution is 2.35. The number of allylic oxidation sites excluding steroid dienone is 5. The monoisotopic (exact) mass is 460 g/mol. The third kappa shape index (κ3) is 24.9. The summed E-state index contributed by atoms with van der Waals surface area (Å²) in [6.45, 7) is 1.22. The van der Waals surface area contributed by atoms with Crippen molar-refractivity contribution in [3.8, 4) is 0 Å². The van der Waals surface area contributed by atoms with E-state index in [9.17, 15) is 14.5 Å². The number of aliphatic hydroxyl groups excluding tert-OH is 1. The van der Waals surface area contributed by atoms with Gasteiger partial charge in [-0.15, -0.1) is 0 Å². The first kappa shape index (κ1) is 29.8. The van der Waals surface area contributed by atoms with Crippen molar-refractivity contribution in [2.75, 3.05) is 13.2 Å². The van der Waals surface area contributed by atoms with Crippen LogP contribution in [-0.4, -0.2) is 40.2 Å². The van der Waals surface area contributed by atoms with Gasteiger partial charge in [0.15, 0.2) is 0 Å². The van der Waals surface area contributed by atoms with E-state index in [1.54, 1.807) is 6.08 Å². The third-order valence-corrected chi connectivity index (χ3v) is 5.01. The minimum absolute atomic E-state index is 0.411. The molecule has 3 N–H and O–H groups in total. The molecular formula is C23H41O7P. The Kier molecular flexibility index (Phi) is 19.8. The summed E-state index contributed by atoms with van der Waals surface area (Å²) in [5, 5.41) is 9.39. The normalized spacial score (nSPS) is 13.5. The number of phosphoric acid groups is 1. The maximum Gasteiger partial charge on any atom is 0.469 e. The third-order valence-electron chi connectivity index (χ3n) is 4.53. The van der Waals surface area contributed by atoms with E-state index in [-0.39, 0.29) is 0 Å². The number of phosphoric ester groups is 1. The number of carbonyl (C=O) groups is 1. The van der Waals surface area contributed by atoms with Gasteiger partial charge in [-0.3, -0.25) is 4.52 Å². The van der Waals surface area contributed by atoms with Gasteiger partial charge in [-0.05, 0) is 12.8 Å². The Morgan fingerprint density at radius 2 is 1.39 bits per heavy atom. The number of ether oxygens (including phenoxy) is 1. The Balaban J connectivity index is 3.57. The van der Waals surface area contributed by atoms with Crippen LogP contribution in [0.15, 0.2) is 36.5 Å². The fourth-order valence-electron chi connectivity index (χ4n) is 2.82. The van der Waals surface area contributed by atoms with Gasteiger partial charge in [-0.2, -0.15) is 0 Å². The van der Waals surface area contributed by atoms with Crippen molar-refractivity contribution in [2.24, 2.45) is 0 Å². The fourth-order valence-corrected chi connectivity index (χ4v) is 3.19. The predicted molar refractivity (Wildman–Crippen MR) is 123 cm³/mol. The van der Waals surface area contributed by atoms with E-state index in [2.05, 4.69) is 17.5 Å². The number of aliphatic hydroxyl groups is 1. The molecule has 7 nitrogen and oxygen atoms in total. The lowest BCUT2D eigenvalue weighted by Crippen LogP contribution is -2.22. The van der Waals surface area contributed by atoms with E-state index in [0.29, 0.717) is 0 Å². The molecule has 0 rings (SSSR count). The van der Waals surface area contributed by atoms with E-state index in [4.69, 9.17) is 14.5 Å². The molecule has 0 bridgehead atoms. The van der Waals surface area contributed by atoms with Gasteiger partial charge >= 0.3 is 13.8 Å². The van der Waals surface area contributed by atoms with Crippen molar-refractivity contribution in [3.63, 3.8) is 0 Å². The van der Waals surface area contributed by atoms with Crippen LogP contribution < -0.4 is 0 Å². The SMILES string of the molecule is CCCCCCCCCCCCC/C=C/C=C/C=C/C(=O)OCC(O)COP(=O)(O)O. The van der Waals surface area contributed by atoms with E-state index in [0.717, 1.165) is 6.42 Å². The fraction of sp³-hybridized carbons (Fsp3) is 0.696. The van der Waals surface area contributed by atoms with Crippen LogP contribution >= 0.6 is 7.82 Å². The van der Waals surface area contributed by atoms with Crippen molar-refractivity contribution in [2.45, 2.75) is 90.1 Å². The van der Waals surface area contributed by atoms with E-state index < -0.39 is 33.1 Å². The molecule has 0 saturated carbocycles. The molecule has 0 saturated heterocycles. The Hall–Kier alpha value is -1.24. The van der Waals surface area contributed by atoms with Crippen LogP contribution in [0.5, 0.6) is 0 Å². The second kappa shape index (κ2) is 20.7. The minimum Gasteiger partial charge on any atom is -0.460 e. The summed E-state index contributed by atoms with van der Waals surface area (Å²) in [4.78, 5) is 28.5. The van der Waals surface area contributed by atoms with Gasteiger partial charge in [-0.25, -0.2) is 9.36 Å². The van der Waals surface area contributed by atoms with Crippen LogP contribution in [-0.2, 0) is 18.6 Å². The summed E-state index contributed by atoms with van der Waals surface area (Å²) in [5.74, 6) is -0.662. The molecule has 0 amide bonds. The second-order valence-corrected chi connectivity index (χ2v) is 8.81. The Labute approximate surface area is 187 Å². The highest BCUT2D eigenvalue weighted by atomic mass is 31.2. The van der Waals surface area contributed by atoms with Gasteiger partial charge in [0.05, 0.1) is 6.61 Å². The molecule has 8 heteroatoms. The van der Waals surface area contributed by atoms with Crippen LogP contribution in [0.3, 0.4) is 0 Å². The minimum atomic E-state index is -4.65. The molecule has 0 aliphatic rings. The van der Waals surface area contributed by atoms with Gasteiger partial charge in [-0.1, -0.05) is 102 Å². The van der Waals surface area contributed by atoms with Crippen molar-refractivity contribution < 1.29 is 33.5 Å². The maximum absolute atomic E-state index is 11.4. The first-order valence-electron chi connectivity index (χ1n) is 11.4. The Bertz CT molecular complexity index is 566. The van der Waals surface area contributed by atoms with Gasteiger partial charge in [0.1, 0.15) is 12.7 Å². The molecule has 180 valence electrons. The molecule has 0 spiro atoms. The molecule has 0 aromatic carbocycles. The molecule has 0 radical (unpaired) electrons. The average Bonchev–Trinajstić information content (AvgIpc) is 2.72. The van der Waals surface area contributed by atoms with Gasteiger partial charge in [0, 0.05) is 6.08 Å². The van der Waals surface area contributed by atoms with Gasteiger partial charge < -0.3 is 19.6 Å². The summed E-state index contributed by atoms with van der Waals surface area (Å²) in [6.07, 6.45) is 24.7. The topological polar surface area (TPSA) is 113 Å². The summed E-state index contributed by atoms with van der Waals surface area (Å²) >= 11 is 0. The zero-order valence-corrected chi connectivity index (χ0v) is 19.8. The van der Waals surface area contributed by atoms with Crippen molar-refractivity contribution in [1.82, 2.24) is 0 Å². The summed E-state index contributed by atoms with van der Waals surface area (Å²) in [7, 11) is -4.65. The molecule has 0 aliphatic carbocycles. The lowest BCUT2D eigenvalue weighted by Gasteiger charge is -2.11. The highest BCUT2D eigenvalue weighted by Gasteiger charge is 2.17. The molecule has 0 aliphatic heterocycles. The lowest BCUT2D eigenvalue weighted by molar-refractivity contribution is -0.141. The van der Waals surface area contributed by atoms with Crippen molar-refractivity contribution in [3.05, 3.63) is 36.5 Å². The first-order valence-corrected chi connectivity index (χ1v) is 12.9. The average molecular weight is 461 g/mol. The second-order valence-electron chi connectivity index (χ2n) is 7.57. The Morgan fingerprint density at radius 1 is 0.839 bits per heavy atom. The van der Waals surface area contributed by atoms with Crippen LogP contribution in [0.2, 0.25) is 0 Å². The summed E-state index contributed by atoms with van der Waals surface area (Å²) < 4.78 is 19.3. The van der Waals surface area contributed by atoms with Crippen LogP contribution in [0.1, 0.15) is 84.0 Å². The molecule has 0 fully saturated rings. The van der Waals surface area contributed by atoms with E-state index in [1.165, 1.54) is 82.8 Å². The molecule has 1 atom stereocenters. The van der Waals surface area contributed by atoms with Crippen LogP contribution in [0, 0.1) is 0 Å². The number of esters is 1. The van der Waals surface area contributed by atoms with E-state index >= 15 is 0 Å². The van der Waals surface area contributed by atoms with Crippen molar-refractivity contribution >= 4 is 13.8 Å². The number of hydrogen-bond donors (Lipinski definition) is 3. The zero-order chi connectivity index (χ0) is 23.2. The van der Waals surface area contributed by atoms with Gasteiger partial charge in [0.2, 0.25) is 0 Å². The van der Waals surface area contributed by atoms with Crippen LogP contribution in [0.25, 0.3) is 0 Å². The van der Waals surface area contributed by atoms with E-state index in [1.807, 2.05) is 12.2 Å². The molecular weight excluding hydrogens is 419 g/mol. The Morgan fingerprint density at radius 3 is 1.97 bits per heavy atom. The maximum atomic E-state index is 11.4. The predicted octanol–water partition coefficient (Wildman–Crippen LogP) is 5.37. The molecule has 1 unspecified atom stereocenters. The molecule has 0 heterocycles. The number of hydrogen-bond acceptors (Lipinski definition) is 5. The quantitative estimate of drug-likeness (QED) is 0.0736. The number of unbranched alkanes of at least 4 members (excludes halogenated alkanes) is 11. The first-order chi connectivity index (χ1) is 14.8. The highest BCUT2D eigenvalue weighted by molar-refractivity contribution is 7.46. The zero-order valence-electron chi connectivity index (χ0n) is 18.9. The molecule has 0 aromatic heterocycles.